The number of nitrogens with zero attached hydrogens (tertiary/aromatic N) is 7. The van der Waals surface area contributed by atoms with Crippen molar-refractivity contribution in [2.75, 3.05) is 68.4 Å². The van der Waals surface area contributed by atoms with Gasteiger partial charge >= 0.3 is 12.1 Å². The second kappa shape index (κ2) is 13.0. The molecule has 3 aliphatic rings. The molecule has 0 radical (unpaired) electrons. The summed E-state index contributed by atoms with van der Waals surface area (Å²) >= 11 is 1.35. The Balaban J connectivity index is 1.40. The molecule has 2 atom stereocenters. The summed E-state index contributed by atoms with van der Waals surface area (Å²) in [4.78, 5) is 46.0. The topological polar surface area (TPSA) is 167 Å². The van der Waals surface area contributed by atoms with E-state index in [4.69, 9.17) is 26.0 Å². The molecule has 0 aromatic carbocycles. The Bertz CT molecular complexity index is 1550. The lowest BCUT2D eigenvalue weighted by Crippen LogP contribution is -2.51. The molecule has 2 saturated heterocycles. The van der Waals surface area contributed by atoms with Gasteiger partial charge < -0.3 is 40.6 Å². The molecule has 0 spiro atoms. The zero-order valence-corrected chi connectivity index (χ0v) is 28.4. The highest BCUT2D eigenvalue weighted by Gasteiger charge is 2.45. The summed E-state index contributed by atoms with van der Waals surface area (Å²) in [5, 5.41) is 14.3. The molecule has 1 amide bonds. The number of ether oxygens (including phenoxy) is 1. The quantitative estimate of drug-likeness (QED) is 0.211. The van der Waals surface area contributed by atoms with Crippen molar-refractivity contribution in [2.45, 2.75) is 70.9 Å². The van der Waals surface area contributed by atoms with Crippen LogP contribution in [0.25, 0.3) is 0 Å². The number of thiophene rings is 1. The normalized spacial score (nSPS) is 22.7. The Morgan fingerprint density at radius 3 is 2.54 bits per heavy atom. The molecule has 2 fully saturated rings. The number of rotatable bonds is 5. The van der Waals surface area contributed by atoms with Crippen molar-refractivity contribution in [2.24, 2.45) is 10.9 Å². The van der Waals surface area contributed by atoms with Gasteiger partial charge in [0, 0.05) is 74.0 Å². The number of nitrogen functional groups attached to an aromatic ring is 1. The maximum atomic E-state index is 13.6. The van der Waals surface area contributed by atoms with Gasteiger partial charge in [-0.2, -0.15) is 5.26 Å². The van der Waals surface area contributed by atoms with E-state index in [-0.39, 0.29) is 18.0 Å². The van der Waals surface area contributed by atoms with Crippen molar-refractivity contribution < 1.29 is 19.2 Å². The Hall–Kier alpha value is -4.09. The number of nitriles is 1. The predicted octanol–water partition coefficient (Wildman–Crippen LogP) is 3.25. The summed E-state index contributed by atoms with van der Waals surface area (Å²) in [6.07, 6.45) is 1.71. The summed E-state index contributed by atoms with van der Waals surface area (Å²) in [5.41, 5.74) is 13.2. The number of pyridine rings is 1. The molecule has 2 aliphatic heterocycles. The van der Waals surface area contributed by atoms with E-state index in [1.807, 2.05) is 32.9 Å². The summed E-state index contributed by atoms with van der Waals surface area (Å²) in [6, 6.07) is 6.27. The number of piperazine rings is 2. The van der Waals surface area contributed by atoms with Gasteiger partial charge in [0.25, 0.3) is 0 Å². The zero-order valence-electron chi connectivity index (χ0n) is 27.6. The number of aryl methyl sites for hydroxylation is 1. The third-order valence-corrected chi connectivity index (χ3v) is 9.99. The highest BCUT2D eigenvalue weighted by Crippen LogP contribution is 2.46. The Morgan fingerprint density at radius 1 is 1.17 bits per heavy atom. The molecule has 4 N–H and O–H groups in total. The highest BCUT2D eigenvalue weighted by molar-refractivity contribution is 7.16. The first kappa shape index (κ1) is 33.3. The van der Waals surface area contributed by atoms with Crippen LogP contribution in [0.15, 0.2) is 17.3 Å². The van der Waals surface area contributed by atoms with Gasteiger partial charge in [-0.3, -0.25) is 0 Å². The third-order valence-electron chi connectivity index (χ3n) is 8.91. The van der Waals surface area contributed by atoms with Crippen LogP contribution in [0.2, 0.25) is 0 Å². The van der Waals surface area contributed by atoms with E-state index in [1.165, 1.54) is 11.3 Å². The summed E-state index contributed by atoms with van der Waals surface area (Å²) in [6.45, 7) is 14.3. The van der Waals surface area contributed by atoms with Crippen LogP contribution < -0.4 is 21.3 Å². The lowest BCUT2D eigenvalue weighted by Gasteiger charge is -2.40. The van der Waals surface area contributed by atoms with Gasteiger partial charge in [0.05, 0.1) is 11.0 Å². The van der Waals surface area contributed by atoms with Crippen LogP contribution in [-0.4, -0.2) is 97.2 Å². The minimum absolute atomic E-state index is 0.0319. The van der Waals surface area contributed by atoms with Crippen molar-refractivity contribution in [3.63, 3.8) is 0 Å². The number of oxime groups is 1. The molecular formula is C32H45N9O4S. The third kappa shape index (κ3) is 6.85. The molecule has 2 aromatic heterocycles. The number of nitrogens with two attached hydrogens (primary N) is 2. The monoisotopic (exact) mass is 651 g/mol. The van der Waals surface area contributed by atoms with Gasteiger partial charge in [0.15, 0.2) is 5.84 Å². The van der Waals surface area contributed by atoms with Crippen molar-refractivity contribution in [1.29, 1.82) is 5.26 Å². The van der Waals surface area contributed by atoms with Crippen molar-refractivity contribution in [1.82, 2.24) is 14.8 Å². The Labute approximate surface area is 274 Å². The number of amidine groups is 1. The average Bonchev–Trinajstić information content (AvgIpc) is 3.34. The highest BCUT2D eigenvalue weighted by atomic mass is 32.1. The molecule has 0 saturated carbocycles. The number of hydrogen-bond donors (Lipinski definition) is 2. The fourth-order valence-electron chi connectivity index (χ4n) is 6.45. The van der Waals surface area contributed by atoms with Gasteiger partial charge in [-0.15, -0.1) is 11.3 Å². The number of aromatic nitrogens is 1. The number of carbonyl (C=O) groups is 2. The van der Waals surface area contributed by atoms with Crippen LogP contribution >= 0.6 is 11.3 Å². The van der Waals surface area contributed by atoms with E-state index < -0.39 is 17.0 Å². The van der Waals surface area contributed by atoms with E-state index in [0.717, 1.165) is 48.9 Å². The van der Waals surface area contributed by atoms with Crippen LogP contribution in [0, 0.1) is 11.3 Å². The maximum absolute atomic E-state index is 13.6. The first-order valence-corrected chi connectivity index (χ1v) is 16.6. The second-order valence-electron chi connectivity index (χ2n) is 13.6. The number of amides is 1. The molecule has 248 valence electrons. The Kier molecular flexibility index (Phi) is 9.38. The van der Waals surface area contributed by atoms with Crippen molar-refractivity contribution in [3.8, 4) is 6.07 Å². The first-order chi connectivity index (χ1) is 21.7. The molecule has 4 heterocycles. The first-order valence-electron chi connectivity index (χ1n) is 15.8. The van der Waals surface area contributed by atoms with Crippen LogP contribution in [0.5, 0.6) is 0 Å². The van der Waals surface area contributed by atoms with Gasteiger partial charge in [0.2, 0.25) is 0 Å². The number of likely N-dealkylation sites (N-methyl/N-ethyl adjacent to an activating group) is 1. The van der Waals surface area contributed by atoms with Gasteiger partial charge in [-0.1, -0.05) is 5.16 Å². The van der Waals surface area contributed by atoms with E-state index in [2.05, 4.69) is 39.9 Å². The van der Waals surface area contributed by atoms with E-state index in [0.29, 0.717) is 54.4 Å². The molecule has 14 heteroatoms. The van der Waals surface area contributed by atoms with Gasteiger partial charge in [-0.05, 0) is 67.0 Å². The maximum Gasteiger partial charge on any atom is 0.410 e. The average molecular weight is 652 g/mol. The molecule has 5 rings (SSSR count). The number of carbonyl (C=O) groups excluding carboxylic acids is 2. The predicted molar refractivity (Wildman–Crippen MR) is 179 cm³/mol. The number of anilines is 3. The summed E-state index contributed by atoms with van der Waals surface area (Å²) in [7, 11) is 2.10. The summed E-state index contributed by atoms with van der Waals surface area (Å²) < 4.78 is 5.57. The fraction of sp³-hybridized carbons (Fsp3) is 0.594. The van der Waals surface area contributed by atoms with E-state index in [1.54, 1.807) is 11.8 Å². The number of fused-ring (bicyclic) bond motifs is 1. The lowest BCUT2D eigenvalue weighted by molar-refractivity contribution is -0.150. The molecule has 1 aliphatic carbocycles. The number of hydrogen-bond acceptors (Lipinski definition) is 12. The Morgan fingerprint density at radius 2 is 1.89 bits per heavy atom. The molecule has 1 unspecified atom stereocenters. The van der Waals surface area contributed by atoms with E-state index >= 15 is 0 Å². The van der Waals surface area contributed by atoms with Crippen LogP contribution in [0.1, 0.15) is 69.2 Å². The van der Waals surface area contributed by atoms with Crippen LogP contribution in [0.3, 0.4) is 0 Å². The van der Waals surface area contributed by atoms with E-state index in [9.17, 15) is 14.9 Å². The van der Waals surface area contributed by atoms with Crippen molar-refractivity contribution in [3.05, 3.63) is 33.8 Å². The SMILES string of the molecule is C[C@H]1CN(C)CCN1c1cc(N2CCN(C(=O)OC(C)(C)C)CC2)cc(/C(N)=N/OC(=O)C2(C)CCCc3sc(N)c(C#N)c32)n1. The van der Waals surface area contributed by atoms with Gasteiger partial charge in [-0.25, -0.2) is 14.6 Å². The lowest BCUT2D eigenvalue weighted by atomic mass is 9.72. The minimum atomic E-state index is -1.07. The standard InChI is InChI=1S/C32H45N9O4S/c1-20-19-38(6)10-15-41(20)25-17-21(39-11-13-40(14-12-39)30(43)44-31(2,3)4)16-23(36-25)27(34)37-45-29(42)32(5)9-7-8-24-26(32)22(18-33)28(35)46-24/h16-17,20H,7-15,19,35H2,1-6H3,(H2,34,37)/t20-,32?/m0/s1. The van der Waals surface area contributed by atoms with Crippen molar-refractivity contribution >= 4 is 45.7 Å². The van der Waals surface area contributed by atoms with Gasteiger partial charge in [0.1, 0.15) is 28.2 Å². The second-order valence-corrected chi connectivity index (χ2v) is 14.8. The van der Waals surface area contributed by atoms with Crippen LogP contribution in [0.4, 0.5) is 21.3 Å². The molecule has 2 aromatic rings. The molecule has 0 bridgehead atoms. The summed E-state index contributed by atoms with van der Waals surface area (Å²) in [5.74, 6) is 0.132. The smallest absolute Gasteiger partial charge is 0.410 e. The molecular weight excluding hydrogens is 606 g/mol. The molecule has 13 nitrogen and oxygen atoms in total. The minimum Gasteiger partial charge on any atom is -0.444 e. The largest absolute Gasteiger partial charge is 0.444 e. The fourth-order valence-corrected chi connectivity index (χ4v) is 7.65. The molecule has 46 heavy (non-hydrogen) atoms. The van der Waals surface area contributed by atoms with Crippen LogP contribution in [-0.2, 0) is 26.2 Å². The zero-order chi connectivity index (χ0) is 33.4.